The molecule has 1 aromatic heterocycles. The second-order valence-electron chi connectivity index (χ2n) is 3.77. The number of hydrazine groups is 1. The van der Waals surface area contributed by atoms with Crippen molar-refractivity contribution in [1.82, 2.24) is 4.98 Å². The van der Waals surface area contributed by atoms with Crippen LogP contribution in [-0.2, 0) is 0 Å². The van der Waals surface area contributed by atoms with Crippen molar-refractivity contribution in [3.05, 3.63) is 54.2 Å². The Hall–Kier alpha value is -2.40. The molecule has 0 radical (unpaired) electrons. The largest absolute Gasteiger partial charge is 0.324 e. The van der Waals surface area contributed by atoms with Crippen molar-refractivity contribution in [2.75, 3.05) is 17.4 Å². The van der Waals surface area contributed by atoms with E-state index in [1.54, 1.807) is 43.6 Å². The van der Waals surface area contributed by atoms with E-state index in [1.165, 1.54) is 4.90 Å². The Morgan fingerprint density at radius 3 is 2.50 bits per heavy atom. The van der Waals surface area contributed by atoms with Crippen LogP contribution < -0.4 is 16.2 Å². The first-order valence-electron chi connectivity index (χ1n) is 5.48. The van der Waals surface area contributed by atoms with E-state index < -0.39 is 0 Å². The van der Waals surface area contributed by atoms with Crippen LogP contribution in [0.15, 0.2) is 48.7 Å². The fraction of sp³-hybridized carbons (Fsp3) is 0.0769. The number of hydrogen-bond donors (Lipinski definition) is 2. The summed E-state index contributed by atoms with van der Waals surface area (Å²) in [5.41, 5.74) is 3.86. The lowest BCUT2D eigenvalue weighted by Crippen LogP contribution is -2.26. The fourth-order valence-corrected chi connectivity index (χ4v) is 1.56. The minimum absolute atomic E-state index is 0.114. The second kappa shape index (κ2) is 5.29. The summed E-state index contributed by atoms with van der Waals surface area (Å²) < 4.78 is 0. The molecular weight excluding hydrogens is 228 g/mol. The van der Waals surface area contributed by atoms with Gasteiger partial charge in [0, 0.05) is 24.5 Å². The molecule has 0 aliphatic rings. The van der Waals surface area contributed by atoms with Gasteiger partial charge in [0.1, 0.15) is 5.82 Å². The zero-order valence-electron chi connectivity index (χ0n) is 10.00. The summed E-state index contributed by atoms with van der Waals surface area (Å²) >= 11 is 0. The molecule has 0 aliphatic carbocycles. The Morgan fingerprint density at radius 1 is 1.22 bits per heavy atom. The maximum absolute atomic E-state index is 12.2. The molecule has 0 atom stereocenters. The first-order valence-corrected chi connectivity index (χ1v) is 5.48. The predicted octanol–water partition coefficient (Wildman–Crippen LogP) is 1.64. The van der Waals surface area contributed by atoms with Crippen LogP contribution in [0, 0.1) is 0 Å². The summed E-state index contributed by atoms with van der Waals surface area (Å²) in [7, 11) is 1.69. The van der Waals surface area contributed by atoms with Crippen LogP contribution in [-0.4, -0.2) is 17.9 Å². The molecule has 1 amide bonds. The Bertz CT molecular complexity index is 524. The highest BCUT2D eigenvalue weighted by Gasteiger charge is 2.13. The zero-order chi connectivity index (χ0) is 13.0. The number of anilines is 2. The van der Waals surface area contributed by atoms with Crippen molar-refractivity contribution < 1.29 is 4.79 Å². The Morgan fingerprint density at radius 2 is 1.94 bits per heavy atom. The maximum Gasteiger partial charge on any atom is 0.259 e. The number of carbonyl (C=O) groups excluding carboxylic acids is 1. The van der Waals surface area contributed by atoms with Gasteiger partial charge in [-0.2, -0.15) is 0 Å². The molecule has 3 N–H and O–H groups in total. The van der Waals surface area contributed by atoms with Gasteiger partial charge in [0.05, 0.1) is 0 Å². The Labute approximate surface area is 105 Å². The number of benzene rings is 1. The number of hydrogen-bond acceptors (Lipinski definition) is 4. The number of carbonyl (C=O) groups is 1. The van der Waals surface area contributed by atoms with Gasteiger partial charge in [0.25, 0.3) is 5.91 Å². The number of pyridine rings is 1. The standard InChI is InChI=1S/C13H14N4O/c1-17(12-4-2-3-9-15-12)13(18)10-5-7-11(16-14)8-6-10/h2-9,16H,14H2,1H3. The van der Waals surface area contributed by atoms with Crippen LogP contribution in [0.3, 0.4) is 0 Å². The van der Waals surface area contributed by atoms with Crippen molar-refractivity contribution in [3.63, 3.8) is 0 Å². The first-order chi connectivity index (χ1) is 8.72. The minimum Gasteiger partial charge on any atom is -0.324 e. The van der Waals surface area contributed by atoms with Gasteiger partial charge in [0.15, 0.2) is 0 Å². The molecule has 0 spiro atoms. The quantitative estimate of drug-likeness (QED) is 0.634. The van der Waals surface area contributed by atoms with Gasteiger partial charge in [0.2, 0.25) is 0 Å². The van der Waals surface area contributed by atoms with E-state index in [0.717, 1.165) is 5.69 Å². The van der Waals surface area contributed by atoms with E-state index in [4.69, 9.17) is 5.84 Å². The normalized spacial score (nSPS) is 9.89. The summed E-state index contributed by atoms with van der Waals surface area (Å²) in [5, 5.41) is 0. The molecule has 0 fully saturated rings. The highest BCUT2D eigenvalue weighted by Crippen LogP contribution is 2.14. The predicted molar refractivity (Wildman–Crippen MR) is 71.2 cm³/mol. The number of nitrogens with zero attached hydrogens (tertiary/aromatic N) is 2. The molecule has 0 saturated heterocycles. The summed E-state index contributed by atoms with van der Waals surface area (Å²) in [6.45, 7) is 0. The topological polar surface area (TPSA) is 71.2 Å². The highest BCUT2D eigenvalue weighted by atomic mass is 16.2. The average Bonchev–Trinajstić information content (AvgIpc) is 2.47. The SMILES string of the molecule is CN(C(=O)c1ccc(NN)cc1)c1ccccn1. The number of amides is 1. The Balaban J connectivity index is 2.20. The third-order valence-electron chi connectivity index (χ3n) is 2.60. The van der Waals surface area contributed by atoms with Gasteiger partial charge in [-0.15, -0.1) is 0 Å². The van der Waals surface area contributed by atoms with Crippen LogP contribution in [0.25, 0.3) is 0 Å². The molecule has 92 valence electrons. The van der Waals surface area contributed by atoms with Crippen LogP contribution >= 0.6 is 0 Å². The molecule has 0 bridgehead atoms. The van der Waals surface area contributed by atoms with E-state index in [9.17, 15) is 4.79 Å². The molecule has 2 rings (SSSR count). The molecule has 2 aromatic rings. The lowest BCUT2D eigenvalue weighted by atomic mass is 10.2. The van der Waals surface area contributed by atoms with Crippen molar-refractivity contribution in [2.24, 2.45) is 5.84 Å². The third-order valence-corrected chi connectivity index (χ3v) is 2.60. The van der Waals surface area contributed by atoms with E-state index in [2.05, 4.69) is 10.4 Å². The van der Waals surface area contributed by atoms with Crippen LogP contribution in [0.5, 0.6) is 0 Å². The van der Waals surface area contributed by atoms with Crippen molar-refractivity contribution in [2.45, 2.75) is 0 Å². The highest BCUT2D eigenvalue weighted by molar-refractivity contribution is 6.05. The van der Waals surface area contributed by atoms with Crippen LogP contribution in [0.4, 0.5) is 11.5 Å². The van der Waals surface area contributed by atoms with Crippen LogP contribution in [0.1, 0.15) is 10.4 Å². The zero-order valence-corrected chi connectivity index (χ0v) is 10.00. The lowest BCUT2D eigenvalue weighted by molar-refractivity contribution is 0.0992. The van der Waals surface area contributed by atoms with E-state index in [0.29, 0.717) is 11.4 Å². The van der Waals surface area contributed by atoms with Crippen LogP contribution in [0.2, 0.25) is 0 Å². The third kappa shape index (κ3) is 2.46. The number of nitrogen functional groups attached to an aromatic ring is 1. The minimum atomic E-state index is -0.114. The monoisotopic (exact) mass is 242 g/mol. The molecular formula is C13H14N4O. The molecule has 0 aliphatic heterocycles. The first kappa shape index (κ1) is 12.1. The fourth-order valence-electron chi connectivity index (χ4n) is 1.56. The number of nitrogens with one attached hydrogen (secondary N) is 1. The number of aromatic nitrogens is 1. The van der Waals surface area contributed by atoms with Gasteiger partial charge in [-0.05, 0) is 36.4 Å². The molecule has 0 saturated carbocycles. The van der Waals surface area contributed by atoms with Gasteiger partial charge < -0.3 is 5.43 Å². The molecule has 0 unspecified atom stereocenters. The Kier molecular flexibility index (Phi) is 3.54. The summed E-state index contributed by atoms with van der Waals surface area (Å²) in [6, 6.07) is 12.4. The average molecular weight is 242 g/mol. The van der Waals surface area contributed by atoms with Crippen molar-refractivity contribution in [1.29, 1.82) is 0 Å². The summed E-state index contributed by atoms with van der Waals surface area (Å²) in [5.74, 6) is 5.77. The molecule has 1 heterocycles. The van der Waals surface area contributed by atoms with E-state index in [-0.39, 0.29) is 5.91 Å². The smallest absolute Gasteiger partial charge is 0.259 e. The van der Waals surface area contributed by atoms with Gasteiger partial charge in [-0.25, -0.2) is 4.98 Å². The van der Waals surface area contributed by atoms with Gasteiger partial charge in [-0.1, -0.05) is 6.07 Å². The molecule has 5 heteroatoms. The second-order valence-corrected chi connectivity index (χ2v) is 3.77. The summed E-state index contributed by atoms with van der Waals surface area (Å²) in [4.78, 5) is 17.8. The van der Waals surface area contributed by atoms with Gasteiger partial charge >= 0.3 is 0 Å². The number of nitrogens with two attached hydrogens (primary N) is 1. The van der Waals surface area contributed by atoms with Gasteiger partial charge in [-0.3, -0.25) is 15.5 Å². The number of rotatable bonds is 3. The lowest BCUT2D eigenvalue weighted by Gasteiger charge is -2.16. The van der Waals surface area contributed by atoms with E-state index in [1.807, 2.05) is 12.1 Å². The molecule has 18 heavy (non-hydrogen) atoms. The maximum atomic E-state index is 12.2. The summed E-state index contributed by atoms with van der Waals surface area (Å²) in [6.07, 6.45) is 1.65. The van der Waals surface area contributed by atoms with Crippen molar-refractivity contribution in [3.8, 4) is 0 Å². The molecule has 5 nitrogen and oxygen atoms in total. The van der Waals surface area contributed by atoms with E-state index >= 15 is 0 Å². The van der Waals surface area contributed by atoms with Crippen molar-refractivity contribution >= 4 is 17.4 Å². The molecule has 1 aromatic carbocycles.